The third-order valence-electron chi connectivity index (χ3n) is 6.43. The second kappa shape index (κ2) is 9.06. The SMILES string of the molecule is O=C(COC(=O)c1c2c(nc3ccccc13)/C(=C/c1ccc(O)cc1)CC2)NC1CCCC1. The Kier molecular flexibility index (Phi) is 5.82. The highest BCUT2D eigenvalue weighted by Gasteiger charge is 2.28. The molecule has 2 N–H and O–H groups in total. The number of allylic oxidation sites excluding steroid dienone is 1. The maximum atomic E-state index is 13.2. The summed E-state index contributed by atoms with van der Waals surface area (Å²) < 4.78 is 5.47. The number of nitrogens with zero attached hydrogens (tertiary/aromatic N) is 1. The number of nitrogens with one attached hydrogen (secondary N) is 1. The molecule has 0 aliphatic heterocycles. The Morgan fingerprint density at radius 2 is 1.82 bits per heavy atom. The minimum atomic E-state index is -0.489. The highest BCUT2D eigenvalue weighted by molar-refractivity contribution is 6.07. The molecule has 1 amide bonds. The van der Waals surface area contributed by atoms with Crippen molar-refractivity contribution in [3.8, 4) is 5.75 Å². The zero-order valence-corrected chi connectivity index (χ0v) is 18.3. The Morgan fingerprint density at radius 1 is 1.06 bits per heavy atom. The average Bonchev–Trinajstić information content (AvgIpc) is 3.47. The number of rotatable bonds is 5. The second-order valence-corrected chi connectivity index (χ2v) is 8.72. The van der Waals surface area contributed by atoms with Crippen molar-refractivity contribution in [2.45, 2.75) is 44.6 Å². The van der Waals surface area contributed by atoms with Gasteiger partial charge in [-0.25, -0.2) is 9.78 Å². The van der Waals surface area contributed by atoms with Gasteiger partial charge in [0.05, 0.1) is 16.8 Å². The molecule has 6 nitrogen and oxygen atoms in total. The lowest BCUT2D eigenvalue weighted by Gasteiger charge is -2.14. The lowest BCUT2D eigenvalue weighted by atomic mass is 10.0. The number of amides is 1. The standard InChI is InChI=1S/C27H26N2O4/c30-20-12-9-17(10-13-20)15-18-11-14-22-25(21-7-3-4-8-23(21)29-26(18)22)27(32)33-16-24(31)28-19-5-1-2-6-19/h3-4,7-10,12-13,15,19,30H,1-2,5-6,11,14,16H2,(H,28,31)/b18-15+. The summed E-state index contributed by atoms with van der Waals surface area (Å²) >= 11 is 0. The molecule has 0 saturated heterocycles. The van der Waals surface area contributed by atoms with Crippen LogP contribution in [0.5, 0.6) is 5.75 Å². The number of benzene rings is 2. The third-order valence-corrected chi connectivity index (χ3v) is 6.43. The number of fused-ring (bicyclic) bond motifs is 2. The molecule has 3 aromatic rings. The van der Waals surface area contributed by atoms with E-state index in [4.69, 9.17) is 9.72 Å². The molecule has 5 rings (SSSR count). The predicted octanol–water partition coefficient (Wildman–Crippen LogP) is 4.64. The molecule has 0 atom stereocenters. The van der Waals surface area contributed by atoms with E-state index < -0.39 is 5.97 Å². The molecule has 168 valence electrons. The monoisotopic (exact) mass is 442 g/mol. The minimum absolute atomic E-state index is 0.190. The van der Waals surface area contributed by atoms with Crippen molar-refractivity contribution >= 4 is 34.4 Å². The highest BCUT2D eigenvalue weighted by atomic mass is 16.5. The van der Waals surface area contributed by atoms with E-state index in [1.165, 1.54) is 0 Å². The Hall–Kier alpha value is -3.67. The molecular formula is C27H26N2O4. The van der Waals surface area contributed by atoms with Crippen molar-refractivity contribution < 1.29 is 19.4 Å². The van der Waals surface area contributed by atoms with Gasteiger partial charge in [0.25, 0.3) is 5.91 Å². The number of aromatic hydroxyl groups is 1. The van der Waals surface area contributed by atoms with Crippen LogP contribution in [0.3, 0.4) is 0 Å². The van der Waals surface area contributed by atoms with Crippen LogP contribution in [-0.4, -0.2) is 34.6 Å². The lowest BCUT2D eigenvalue weighted by molar-refractivity contribution is -0.124. The minimum Gasteiger partial charge on any atom is -0.508 e. The molecule has 0 bridgehead atoms. The van der Waals surface area contributed by atoms with Crippen LogP contribution in [0.2, 0.25) is 0 Å². The van der Waals surface area contributed by atoms with Crippen molar-refractivity contribution in [1.82, 2.24) is 10.3 Å². The summed E-state index contributed by atoms with van der Waals surface area (Å²) in [5, 5.41) is 13.2. The number of carbonyl (C=O) groups excluding carboxylic acids is 2. The van der Waals surface area contributed by atoms with Gasteiger partial charge in [-0.2, -0.15) is 0 Å². The van der Waals surface area contributed by atoms with Gasteiger partial charge in [-0.3, -0.25) is 4.79 Å². The topological polar surface area (TPSA) is 88.5 Å². The van der Waals surface area contributed by atoms with Crippen LogP contribution < -0.4 is 5.32 Å². The number of phenols is 1. The number of hydrogen-bond acceptors (Lipinski definition) is 5. The number of pyridine rings is 1. The first kappa shape index (κ1) is 21.2. The van der Waals surface area contributed by atoms with Gasteiger partial charge >= 0.3 is 5.97 Å². The van der Waals surface area contributed by atoms with Crippen molar-refractivity contribution in [3.05, 3.63) is 70.9 Å². The average molecular weight is 443 g/mol. The molecule has 0 unspecified atom stereocenters. The van der Waals surface area contributed by atoms with Crippen LogP contribution in [0.25, 0.3) is 22.6 Å². The molecule has 33 heavy (non-hydrogen) atoms. The van der Waals surface area contributed by atoms with Gasteiger partial charge in [0.15, 0.2) is 6.61 Å². The number of phenolic OH excluding ortho intramolecular Hbond substituents is 1. The summed E-state index contributed by atoms with van der Waals surface area (Å²) in [5.74, 6) is -0.523. The first-order chi connectivity index (χ1) is 16.1. The largest absolute Gasteiger partial charge is 0.508 e. The van der Waals surface area contributed by atoms with E-state index in [2.05, 4.69) is 5.32 Å². The van der Waals surface area contributed by atoms with E-state index in [0.717, 1.165) is 65.4 Å². The molecule has 2 aliphatic rings. The summed E-state index contributed by atoms with van der Waals surface area (Å²) in [6.45, 7) is -0.281. The molecule has 1 heterocycles. The normalized spacial score (nSPS) is 16.8. The van der Waals surface area contributed by atoms with Crippen molar-refractivity contribution in [2.24, 2.45) is 0 Å². The maximum Gasteiger partial charge on any atom is 0.339 e. The fourth-order valence-corrected chi connectivity index (χ4v) is 4.83. The van der Waals surface area contributed by atoms with Gasteiger partial charge in [-0.05, 0) is 66.7 Å². The van der Waals surface area contributed by atoms with E-state index in [9.17, 15) is 14.7 Å². The number of aromatic nitrogens is 1. The quantitative estimate of drug-likeness (QED) is 0.562. The Balaban J connectivity index is 1.44. The molecule has 2 aromatic carbocycles. The van der Waals surface area contributed by atoms with Crippen LogP contribution in [0.4, 0.5) is 0 Å². The summed E-state index contributed by atoms with van der Waals surface area (Å²) in [4.78, 5) is 30.3. The Labute approximate surface area is 192 Å². The molecule has 1 saturated carbocycles. The maximum absolute atomic E-state index is 13.2. The van der Waals surface area contributed by atoms with Crippen LogP contribution in [0, 0.1) is 0 Å². The number of esters is 1. The summed E-state index contributed by atoms with van der Waals surface area (Å²) in [6.07, 6.45) is 7.69. The van der Waals surface area contributed by atoms with Gasteiger partial charge < -0.3 is 15.2 Å². The summed E-state index contributed by atoms with van der Waals surface area (Å²) in [6, 6.07) is 14.7. The zero-order valence-electron chi connectivity index (χ0n) is 18.3. The number of hydrogen-bond donors (Lipinski definition) is 2. The zero-order chi connectivity index (χ0) is 22.8. The molecule has 0 radical (unpaired) electrons. The van der Waals surface area contributed by atoms with Gasteiger partial charge in [0.2, 0.25) is 0 Å². The van der Waals surface area contributed by atoms with Crippen LogP contribution in [-0.2, 0) is 16.0 Å². The fourth-order valence-electron chi connectivity index (χ4n) is 4.83. The van der Waals surface area contributed by atoms with E-state index in [0.29, 0.717) is 12.0 Å². The first-order valence-corrected chi connectivity index (χ1v) is 11.5. The molecule has 2 aliphatic carbocycles. The van der Waals surface area contributed by atoms with Crippen molar-refractivity contribution in [1.29, 1.82) is 0 Å². The molecule has 6 heteroatoms. The summed E-state index contributed by atoms with van der Waals surface area (Å²) in [7, 11) is 0. The Morgan fingerprint density at radius 3 is 2.61 bits per heavy atom. The van der Waals surface area contributed by atoms with Gasteiger partial charge in [0.1, 0.15) is 5.75 Å². The highest BCUT2D eigenvalue weighted by Crippen LogP contribution is 2.38. The fraction of sp³-hybridized carbons (Fsp3) is 0.296. The molecule has 0 spiro atoms. The third kappa shape index (κ3) is 4.46. The number of carbonyl (C=O) groups is 2. The van der Waals surface area contributed by atoms with Crippen molar-refractivity contribution in [3.63, 3.8) is 0 Å². The predicted molar refractivity (Wildman–Crippen MR) is 127 cm³/mol. The van der Waals surface area contributed by atoms with Gasteiger partial charge in [-0.1, -0.05) is 43.2 Å². The van der Waals surface area contributed by atoms with E-state index in [1.54, 1.807) is 12.1 Å². The number of para-hydroxylation sites is 1. The van der Waals surface area contributed by atoms with E-state index in [-0.39, 0.29) is 24.3 Å². The smallest absolute Gasteiger partial charge is 0.339 e. The van der Waals surface area contributed by atoms with Gasteiger partial charge in [0, 0.05) is 11.4 Å². The van der Waals surface area contributed by atoms with E-state index in [1.807, 2.05) is 42.5 Å². The molecular weight excluding hydrogens is 416 g/mol. The van der Waals surface area contributed by atoms with E-state index >= 15 is 0 Å². The van der Waals surface area contributed by atoms with Gasteiger partial charge in [-0.15, -0.1) is 0 Å². The van der Waals surface area contributed by atoms with Crippen molar-refractivity contribution in [2.75, 3.05) is 6.61 Å². The summed E-state index contributed by atoms with van der Waals surface area (Å²) in [5.41, 5.74) is 4.87. The lowest BCUT2D eigenvalue weighted by Crippen LogP contribution is -2.36. The Bertz CT molecular complexity index is 1240. The first-order valence-electron chi connectivity index (χ1n) is 11.5. The second-order valence-electron chi connectivity index (χ2n) is 8.72. The van der Waals surface area contributed by atoms with Crippen LogP contribution in [0.15, 0.2) is 48.5 Å². The van der Waals surface area contributed by atoms with Crippen LogP contribution >= 0.6 is 0 Å². The molecule has 1 aromatic heterocycles. The van der Waals surface area contributed by atoms with Crippen LogP contribution in [0.1, 0.15) is 59.3 Å². The molecule has 1 fully saturated rings. The number of ether oxygens (including phenoxy) is 1.